The summed E-state index contributed by atoms with van der Waals surface area (Å²) in [6.45, 7) is 7.92. The SMILES string of the molecule is COCC(=O)N(CC(C)C)NC(=O)[C@H](CC(C)C)[C@H](C/C=C/c1ccccc1)C(=O)NO. The highest BCUT2D eigenvalue weighted by Gasteiger charge is 2.35. The lowest BCUT2D eigenvalue weighted by molar-refractivity contribution is -0.149. The molecule has 3 N–H and O–H groups in total. The molecular weight excluding hydrogens is 410 g/mol. The minimum absolute atomic E-state index is 0.116. The first-order chi connectivity index (χ1) is 15.2. The second-order valence-corrected chi connectivity index (χ2v) is 8.67. The lowest BCUT2D eigenvalue weighted by Crippen LogP contribution is -2.53. The summed E-state index contributed by atoms with van der Waals surface area (Å²) in [4.78, 5) is 38.2. The van der Waals surface area contributed by atoms with Gasteiger partial charge >= 0.3 is 0 Å². The van der Waals surface area contributed by atoms with Crippen molar-refractivity contribution < 1.29 is 24.3 Å². The Labute approximate surface area is 190 Å². The molecule has 0 saturated heterocycles. The van der Waals surface area contributed by atoms with E-state index in [0.717, 1.165) is 5.56 Å². The van der Waals surface area contributed by atoms with Crippen LogP contribution in [0.25, 0.3) is 6.08 Å². The summed E-state index contributed by atoms with van der Waals surface area (Å²) in [5.41, 5.74) is 5.35. The maximum Gasteiger partial charge on any atom is 0.266 e. The third-order valence-corrected chi connectivity index (χ3v) is 4.86. The predicted molar refractivity (Wildman–Crippen MR) is 123 cm³/mol. The molecule has 32 heavy (non-hydrogen) atoms. The number of hydrazine groups is 1. The number of benzene rings is 1. The Balaban J connectivity index is 3.10. The maximum atomic E-state index is 13.2. The molecule has 0 aliphatic rings. The summed E-state index contributed by atoms with van der Waals surface area (Å²) in [6, 6.07) is 9.60. The molecule has 178 valence electrons. The average molecular weight is 448 g/mol. The van der Waals surface area contributed by atoms with E-state index < -0.39 is 23.7 Å². The first kappa shape index (κ1) is 27.3. The van der Waals surface area contributed by atoms with Gasteiger partial charge < -0.3 is 4.74 Å². The Kier molecular flexibility index (Phi) is 12.3. The second-order valence-electron chi connectivity index (χ2n) is 8.67. The Morgan fingerprint density at radius 3 is 2.22 bits per heavy atom. The Bertz CT molecular complexity index is 749. The van der Waals surface area contributed by atoms with Crippen LogP contribution in [0.15, 0.2) is 36.4 Å². The van der Waals surface area contributed by atoms with Crippen LogP contribution in [0, 0.1) is 23.7 Å². The van der Waals surface area contributed by atoms with Gasteiger partial charge in [-0.25, -0.2) is 5.48 Å². The number of amides is 3. The molecule has 0 unspecified atom stereocenters. The van der Waals surface area contributed by atoms with Crippen LogP contribution in [0.5, 0.6) is 0 Å². The quantitative estimate of drug-likeness (QED) is 0.337. The van der Waals surface area contributed by atoms with E-state index in [2.05, 4.69) is 5.43 Å². The number of nitrogens with zero attached hydrogens (tertiary/aromatic N) is 1. The Morgan fingerprint density at radius 2 is 1.69 bits per heavy atom. The van der Waals surface area contributed by atoms with E-state index in [9.17, 15) is 19.6 Å². The maximum absolute atomic E-state index is 13.2. The molecule has 8 heteroatoms. The van der Waals surface area contributed by atoms with Crippen LogP contribution in [-0.2, 0) is 19.1 Å². The van der Waals surface area contributed by atoms with E-state index >= 15 is 0 Å². The summed E-state index contributed by atoms with van der Waals surface area (Å²) < 4.78 is 4.92. The first-order valence-electron chi connectivity index (χ1n) is 10.9. The van der Waals surface area contributed by atoms with Crippen molar-refractivity contribution in [2.24, 2.45) is 23.7 Å². The highest BCUT2D eigenvalue weighted by atomic mass is 16.5. The molecule has 0 aromatic heterocycles. The fourth-order valence-electron chi connectivity index (χ4n) is 3.41. The van der Waals surface area contributed by atoms with Crippen molar-refractivity contribution in [2.45, 2.75) is 40.5 Å². The monoisotopic (exact) mass is 447 g/mol. The van der Waals surface area contributed by atoms with Gasteiger partial charge in [0.05, 0.1) is 11.8 Å². The van der Waals surface area contributed by atoms with Gasteiger partial charge in [0, 0.05) is 13.7 Å². The van der Waals surface area contributed by atoms with Crippen LogP contribution in [0.2, 0.25) is 0 Å². The van der Waals surface area contributed by atoms with Gasteiger partial charge in [0.1, 0.15) is 6.61 Å². The van der Waals surface area contributed by atoms with E-state index in [1.54, 1.807) is 5.48 Å². The first-order valence-corrected chi connectivity index (χ1v) is 10.9. The molecular formula is C24H37N3O5. The lowest BCUT2D eigenvalue weighted by Gasteiger charge is -2.30. The number of carbonyl (C=O) groups excluding carboxylic acids is 3. The molecule has 0 heterocycles. The van der Waals surface area contributed by atoms with Crippen molar-refractivity contribution in [1.82, 2.24) is 15.9 Å². The van der Waals surface area contributed by atoms with Crippen molar-refractivity contribution in [1.29, 1.82) is 0 Å². The zero-order chi connectivity index (χ0) is 24.1. The van der Waals surface area contributed by atoms with Gasteiger partial charge in [0.25, 0.3) is 5.91 Å². The predicted octanol–water partition coefficient (Wildman–Crippen LogP) is 3.04. The van der Waals surface area contributed by atoms with Gasteiger partial charge in [0.15, 0.2) is 0 Å². The molecule has 3 amide bonds. The number of methoxy groups -OCH3 is 1. The Hall–Kier alpha value is -2.71. The summed E-state index contributed by atoms with van der Waals surface area (Å²) >= 11 is 0. The molecule has 0 radical (unpaired) electrons. The summed E-state index contributed by atoms with van der Waals surface area (Å²) in [5.74, 6) is -2.76. The molecule has 0 spiro atoms. The highest BCUT2D eigenvalue weighted by Crippen LogP contribution is 2.25. The summed E-state index contributed by atoms with van der Waals surface area (Å²) in [5, 5.41) is 10.6. The molecule has 0 fully saturated rings. The van der Waals surface area contributed by atoms with E-state index in [1.165, 1.54) is 12.1 Å². The van der Waals surface area contributed by atoms with Crippen LogP contribution in [-0.4, -0.2) is 48.2 Å². The van der Waals surface area contributed by atoms with Crippen LogP contribution < -0.4 is 10.9 Å². The topological polar surface area (TPSA) is 108 Å². The number of carbonyl (C=O) groups is 3. The van der Waals surface area contributed by atoms with E-state index in [-0.39, 0.29) is 30.8 Å². The van der Waals surface area contributed by atoms with Gasteiger partial charge in [-0.3, -0.25) is 30.0 Å². The average Bonchev–Trinajstić information content (AvgIpc) is 2.74. The number of ether oxygens (including phenoxy) is 1. The molecule has 0 aliphatic carbocycles. The van der Waals surface area contributed by atoms with Gasteiger partial charge in [0.2, 0.25) is 11.8 Å². The number of allylic oxidation sites excluding steroid dienone is 1. The molecule has 0 aliphatic heterocycles. The number of hydrogen-bond donors (Lipinski definition) is 3. The lowest BCUT2D eigenvalue weighted by atomic mass is 9.82. The van der Waals surface area contributed by atoms with Gasteiger partial charge in [-0.2, -0.15) is 0 Å². The van der Waals surface area contributed by atoms with Gasteiger partial charge in [-0.1, -0.05) is 70.2 Å². The molecule has 1 rings (SSSR count). The van der Waals surface area contributed by atoms with E-state index in [4.69, 9.17) is 4.74 Å². The normalized spacial score (nSPS) is 13.2. The van der Waals surface area contributed by atoms with E-state index in [0.29, 0.717) is 13.0 Å². The standard InChI is InChI=1S/C24H37N3O5/c1-17(2)14-21(23(29)25-27(15-18(3)4)22(28)16-32-5)20(24(30)26-31)13-9-12-19-10-7-6-8-11-19/h6-12,17-18,20-21,31H,13-16H2,1-5H3,(H,25,29)(H,26,30)/b12-9+/t20-,21+/m0/s1. The number of nitrogens with one attached hydrogen (secondary N) is 2. The number of rotatable bonds is 12. The molecule has 0 saturated carbocycles. The molecule has 1 aromatic carbocycles. The van der Waals surface area contributed by atoms with Gasteiger partial charge in [-0.15, -0.1) is 0 Å². The molecule has 1 aromatic rings. The highest BCUT2D eigenvalue weighted by molar-refractivity contribution is 5.89. The van der Waals surface area contributed by atoms with Crippen molar-refractivity contribution in [3.63, 3.8) is 0 Å². The second kappa shape index (κ2) is 14.4. The van der Waals surface area contributed by atoms with Crippen LogP contribution in [0.3, 0.4) is 0 Å². The molecule has 8 nitrogen and oxygen atoms in total. The third-order valence-electron chi connectivity index (χ3n) is 4.86. The van der Waals surface area contributed by atoms with Crippen molar-refractivity contribution >= 4 is 23.8 Å². The number of hydroxylamine groups is 1. The smallest absolute Gasteiger partial charge is 0.266 e. The zero-order valence-electron chi connectivity index (χ0n) is 19.7. The van der Waals surface area contributed by atoms with Crippen molar-refractivity contribution in [3.05, 3.63) is 42.0 Å². The summed E-state index contributed by atoms with van der Waals surface area (Å²) in [6.07, 6.45) is 4.35. The zero-order valence-corrected chi connectivity index (χ0v) is 19.7. The van der Waals surface area contributed by atoms with Crippen LogP contribution in [0.1, 0.15) is 46.1 Å². The molecule has 0 bridgehead atoms. The van der Waals surface area contributed by atoms with Crippen LogP contribution in [0.4, 0.5) is 0 Å². The minimum atomic E-state index is -0.805. The van der Waals surface area contributed by atoms with Crippen molar-refractivity contribution in [2.75, 3.05) is 20.3 Å². The largest absolute Gasteiger partial charge is 0.375 e. The van der Waals surface area contributed by atoms with Crippen LogP contribution >= 0.6 is 0 Å². The Morgan fingerprint density at radius 1 is 1.03 bits per heavy atom. The van der Waals surface area contributed by atoms with Crippen molar-refractivity contribution in [3.8, 4) is 0 Å². The van der Waals surface area contributed by atoms with Gasteiger partial charge in [-0.05, 0) is 30.2 Å². The third kappa shape index (κ3) is 9.62. The number of hydrogen-bond acceptors (Lipinski definition) is 5. The summed E-state index contributed by atoms with van der Waals surface area (Å²) in [7, 11) is 1.41. The molecule has 2 atom stereocenters. The fourth-order valence-corrected chi connectivity index (χ4v) is 3.41. The minimum Gasteiger partial charge on any atom is -0.375 e. The fraction of sp³-hybridized carbons (Fsp3) is 0.542. The van der Waals surface area contributed by atoms with E-state index in [1.807, 2.05) is 70.2 Å².